The molecule has 41 heavy (non-hydrogen) atoms. The summed E-state index contributed by atoms with van der Waals surface area (Å²) < 4.78 is 35.2. The average Bonchev–Trinajstić information content (AvgIpc) is 3.16. The monoisotopic (exact) mass is 714 g/mol. The van der Waals surface area contributed by atoms with Crippen LogP contribution in [0.2, 0.25) is 6.32 Å². The summed E-state index contributed by atoms with van der Waals surface area (Å²) >= 11 is 13.2. The van der Waals surface area contributed by atoms with Crippen LogP contribution < -0.4 is 56.5 Å². The number of alkyl halides is 3. The molecule has 0 spiro atoms. The summed E-state index contributed by atoms with van der Waals surface area (Å²) in [6.45, 7) is 31.3. The van der Waals surface area contributed by atoms with E-state index < -0.39 is 20.0 Å². The van der Waals surface area contributed by atoms with Crippen LogP contribution in [-0.2, 0) is 32.7 Å². The van der Waals surface area contributed by atoms with Gasteiger partial charge in [0.25, 0.3) is 0 Å². The Morgan fingerprint density at radius 1 is 0.683 bits per heavy atom. The molecule has 0 aliphatic carbocycles. The molecule has 3 aliphatic rings. The van der Waals surface area contributed by atoms with Gasteiger partial charge in [-0.15, -0.1) is 23.2 Å². The molecular formula is C26H53B3BrCl2KO8. The van der Waals surface area contributed by atoms with E-state index in [0.29, 0.717) is 0 Å². The second-order valence-corrected chi connectivity index (χ2v) is 15.3. The van der Waals surface area contributed by atoms with Gasteiger partial charge in [-0.1, -0.05) is 29.8 Å². The average molecular weight is 716 g/mol. The fourth-order valence-corrected chi connectivity index (χ4v) is 3.13. The Morgan fingerprint density at radius 3 is 0.951 bits per heavy atom. The van der Waals surface area contributed by atoms with E-state index in [1.54, 1.807) is 6.92 Å². The summed E-state index contributed by atoms with van der Waals surface area (Å²) in [6, 6.07) is 0. The van der Waals surface area contributed by atoms with Crippen molar-refractivity contribution >= 4 is 66.2 Å². The van der Waals surface area contributed by atoms with Crippen molar-refractivity contribution in [3.8, 4) is 0 Å². The van der Waals surface area contributed by atoms with Gasteiger partial charge in [-0.2, -0.15) is 0 Å². The molecule has 0 unspecified atom stereocenters. The first-order valence-electron chi connectivity index (χ1n) is 13.7. The minimum Gasteiger partial charge on any atom is -0.550 e. The van der Waals surface area contributed by atoms with E-state index in [0.717, 1.165) is 18.6 Å². The van der Waals surface area contributed by atoms with Crippen molar-refractivity contribution < 1.29 is 89.2 Å². The number of carboxylic acids is 1. The molecule has 15 heteroatoms. The van der Waals surface area contributed by atoms with E-state index >= 15 is 0 Å². The quantitative estimate of drug-likeness (QED) is 0.318. The summed E-state index contributed by atoms with van der Waals surface area (Å²) in [5.74, 6) is -1.08. The zero-order valence-corrected chi connectivity index (χ0v) is 34.8. The van der Waals surface area contributed by atoms with E-state index in [-0.39, 0.29) is 96.9 Å². The first-order valence-corrected chi connectivity index (χ1v) is 15.7. The van der Waals surface area contributed by atoms with Crippen molar-refractivity contribution in [2.45, 2.75) is 156 Å². The largest absolute Gasteiger partial charge is 1.00 e. The molecule has 236 valence electrons. The van der Waals surface area contributed by atoms with Crippen LogP contribution in [0.15, 0.2) is 0 Å². The summed E-state index contributed by atoms with van der Waals surface area (Å²) in [6.07, 6.45) is 0.923. The topological polar surface area (TPSA) is 95.5 Å². The van der Waals surface area contributed by atoms with Gasteiger partial charge in [0, 0.05) is 11.3 Å². The molecule has 3 heterocycles. The molecule has 0 aromatic carbocycles. The van der Waals surface area contributed by atoms with Crippen molar-refractivity contribution in [3.63, 3.8) is 0 Å². The fraction of sp³-hybridized carbons (Fsp3) is 0.962. The molecule has 3 saturated heterocycles. The number of carbonyl (C=O) groups excluding carboxylic acids is 1. The third-order valence-electron chi connectivity index (χ3n) is 7.40. The number of hydrogen-bond donors (Lipinski definition) is 0. The van der Waals surface area contributed by atoms with Crippen molar-refractivity contribution in [1.29, 1.82) is 0 Å². The maximum atomic E-state index is 8.89. The Labute approximate surface area is 313 Å². The molecule has 0 N–H and O–H groups in total. The zero-order valence-electron chi connectivity index (χ0n) is 28.6. The summed E-state index contributed by atoms with van der Waals surface area (Å²) in [4.78, 5) is 8.67. The molecule has 8 nitrogen and oxygen atoms in total. The maximum absolute atomic E-state index is 8.89. The Morgan fingerprint density at radius 2 is 0.829 bits per heavy atom. The molecule has 0 aromatic heterocycles. The van der Waals surface area contributed by atoms with Crippen LogP contribution >= 0.6 is 39.1 Å². The van der Waals surface area contributed by atoms with Crippen LogP contribution in [0.25, 0.3) is 0 Å². The smallest absolute Gasteiger partial charge is 0.550 e. The maximum Gasteiger partial charge on any atom is 1.00 e. The number of carbonyl (C=O) groups is 1. The van der Waals surface area contributed by atoms with E-state index in [2.05, 4.69) is 50.5 Å². The zero-order chi connectivity index (χ0) is 32.5. The molecule has 3 fully saturated rings. The number of aliphatic carboxylic acids is 1. The van der Waals surface area contributed by atoms with Gasteiger partial charge in [0.05, 0.1) is 33.6 Å². The third-order valence-corrected chi connectivity index (χ3v) is 7.40. The van der Waals surface area contributed by atoms with Gasteiger partial charge in [0.1, 0.15) is 4.84 Å². The minimum atomic E-state index is -1.08. The normalized spacial score (nSPS) is 23.4. The third kappa shape index (κ3) is 16.0. The van der Waals surface area contributed by atoms with E-state index in [1.807, 2.05) is 62.3 Å². The van der Waals surface area contributed by atoms with Gasteiger partial charge < -0.3 is 37.8 Å². The Bertz CT molecular complexity index is 686. The van der Waals surface area contributed by atoms with E-state index in [9.17, 15) is 0 Å². The van der Waals surface area contributed by atoms with Gasteiger partial charge in [-0.3, -0.25) is 0 Å². The van der Waals surface area contributed by atoms with Gasteiger partial charge in [-0.25, -0.2) is 0 Å². The van der Waals surface area contributed by atoms with Crippen LogP contribution in [0.5, 0.6) is 0 Å². The Kier molecular flexibility index (Phi) is 22.1. The van der Waals surface area contributed by atoms with E-state index in [4.69, 9.17) is 61.0 Å². The summed E-state index contributed by atoms with van der Waals surface area (Å²) in [5.41, 5.74) is -1.76. The van der Waals surface area contributed by atoms with Crippen molar-refractivity contribution in [1.82, 2.24) is 0 Å². The number of hydrogen-bond acceptors (Lipinski definition) is 8. The summed E-state index contributed by atoms with van der Waals surface area (Å²) in [7, 11) is -0.966. The molecular weight excluding hydrogens is 663 g/mol. The molecule has 0 saturated carbocycles. The van der Waals surface area contributed by atoms with Crippen molar-refractivity contribution in [3.05, 3.63) is 0 Å². The molecule has 0 bridgehead atoms. The van der Waals surface area contributed by atoms with Crippen molar-refractivity contribution in [2.75, 3.05) is 5.33 Å². The first-order chi connectivity index (χ1) is 17.6. The molecule has 3 rings (SSSR count). The predicted molar refractivity (Wildman–Crippen MR) is 170 cm³/mol. The number of rotatable bonds is 2. The molecule has 0 atom stereocenters. The molecule has 0 amide bonds. The number of carboxylic acid groups (broad SMARTS) is 1. The summed E-state index contributed by atoms with van der Waals surface area (Å²) in [5, 5.41) is 9.95. The van der Waals surface area contributed by atoms with Gasteiger partial charge in [0.2, 0.25) is 0 Å². The Hall–Kier alpha value is 2.12. The van der Waals surface area contributed by atoms with Crippen LogP contribution in [0.1, 0.15) is 111 Å². The fourth-order valence-electron chi connectivity index (χ4n) is 3.13. The van der Waals surface area contributed by atoms with E-state index in [1.165, 1.54) is 0 Å². The second kappa shape index (κ2) is 19.1. The first kappa shape index (κ1) is 47.5. The molecule has 0 radical (unpaired) electrons. The minimum absolute atomic E-state index is 0. The SMILES string of the molecule is CC(=O)[O-].CC(Cl)Cl.CC1(C)OB(B2OC(C)(C)C(C)(C)O2)OC1(C)C.CCB1OC(C)(C)C(C)(C)O1.CCBr.[K+]. The van der Waals surface area contributed by atoms with Crippen LogP contribution in [0, 0.1) is 0 Å². The molecule has 0 aromatic rings. The predicted octanol–water partition coefficient (Wildman–Crippen LogP) is 3.32. The van der Waals surface area contributed by atoms with Crippen LogP contribution in [0.3, 0.4) is 0 Å². The second-order valence-electron chi connectivity index (χ2n) is 12.6. The van der Waals surface area contributed by atoms with Crippen LogP contribution in [0.4, 0.5) is 0 Å². The van der Waals surface area contributed by atoms with Gasteiger partial charge in [0.15, 0.2) is 0 Å². The Balaban J connectivity index is -0.000000535. The standard InChI is InChI=1S/C12H24B2O4.C8H17BO2.C2H5Br.C2H4Cl2.C2H4O2.K/c1-9(2)10(3,4)16-13(15-9)14-17-11(5,6)12(7,8)18-14;1-6-9-10-7(2,3)8(4,5)11-9;1-2-3;2*1-2(3)4;/h1-8H3;6H2,1-5H3;2H2,1H3;2H,1H3;1H3,(H,3,4);/q;;;;;+1/p-1. The van der Waals surface area contributed by atoms with Crippen molar-refractivity contribution in [2.24, 2.45) is 0 Å². The van der Waals surface area contributed by atoms with Crippen LogP contribution in [-0.4, -0.2) is 70.9 Å². The van der Waals surface area contributed by atoms with Gasteiger partial charge >= 0.3 is 72.5 Å². The van der Waals surface area contributed by atoms with Gasteiger partial charge in [-0.05, 0) is 103 Å². The number of halogens is 3. The molecule has 3 aliphatic heterocycles.